The lowest BCUT2D eigenvalue weighted by Gasteiger charge is -2.28. The Kier molecular flexibility index (Phi) is 6.33. The minimum Gasteiger partial charge on any atom is -0.507 e. The molecule has 1 amide bonds. The van der Waals surface area contributed by atoms with Crippen molar-refractivity contribution in [2.45, 2.75) is 45.8 Å². The fourth-order valence-corrected chi connectivity index (χ4v) is 4.56. The molecule has 0 spiro atoms. The van der Waals surface area contributed by atoms with Gasteiger partial charge in [0.25, 0.3) is 11.7 Å². The molecule has 0 radical (unpaired) electrons. The number of rotatable bonds is 6. The van der Waals surface area contributed by atoms with Crippen molar-refractivity contribution in [3.05, 3.63) is 70.3 Å². The van der Waals surface area contributed by atoms with E-state index in [1.165, 1.54) is 0 Å². The summed E-state index contributed by atoms with van der Waals surface area (Å²) in [4.78, 5) is 27.8. The van der Waals surface area contributed by atoms with E-state index in [9.17, 15) is 14.7 Å². The molecule has 2 saturated heterocycles. The SMILES string of the molecule is CCOc1ccc(/C(O)=C2\C(=O)C(=O)N(CC3CCCO3)C2c2ccccc2C)cc1C. The van der Waals surface area contributed by atoms with Crippen LogP contribution in [0.15, 0.2) is 48.0 Å². The van der Waals surface area contributed by atoms with E-state index in [1.807, 2.05) is 45.0 Å². The number of nitrogens with zero attached hydrogens (tertiary/aromatic N) is 1. The number of ether oxygens (including phenoxy) is 2. The molecule has 2 atom stereocenters. The highest BCUT2D eigenvalue weighted by Gasteiger charge is 2.47. The highest BCUT2D eigenvalue weighted by molar-refractivity contribution is 6.46. The molecule has 2 aliphatic heterocycles. The number of aliphatic hydroxyl groups excluding tert-OH is 1. The molecule has 2 aromatic carbocycles. The molecule has 2 fully saturated rings. The first kappa shape index (κ1) is 22.1. The third kappa shape index (κ3) is 4.02. The van der Waals surface area contributed by atoms with Gasteiger partial charge in [0, 0.05) is 18.7 Å². The molecule has 2 unspecified atom stereocenters. The molecule has 2 heterocycles. The molecule has 32 heavy (non-hydrogen) atoms. The van der Waals surface area contributed by atoms with Gasteiger partial charge in [-0.15, -0.1) is 0 Å². The van der Waals surface area contributed by atoms with Crippen molar-refractivity contribution in [2.24, 2.45) is 0 Å². The van der Waals surface area contributed by atoms with Gasteiger partial charge in [0.15, 0.2) is 0 Å². The summed E-state index contributed by atoms with van der Waals surface area (Å²) in [7, 11) is 0. The van der Waals surface area contributed by atoms with E-state index in [-0.39, 0.29) is 17.4 Å². The van der Waals surface area contributed by atoms with E-state index in [1.54, 1.807) is 23.1 Å². The van der Waals surface area contributed by atoms with E-state index in [0.717, 1.165) is 35.3 Å². The number of likely N-dealkylation sites (tertiary alicyclic amines) is 1. The van der Waals surface area contributed by atoms with Gasteiger partial charge in [-0.25, -0.2) is 0 Å². The molecule has 2 aliphatic rings. The van der Waals surface area contributed by atoms with E-state index in [4.69, 9.17) is 9.47 Å². The van der Waals surface area contributed by atoms with E-state index < -0.39 is 17.7 Å². The molecular weight excluding hydrogens is 406 g/mol. The van der Waals surface area contributed by atoms with Gasteiger partial charge in [-0.3, -0.25) is 9.59 Å². The zero-order valence-electron chi connectivity index (χ0n) is 18.8. The minimum atomic E-state index is -0.666. The first-order valence-electron chi connectivity index (χ1n) is 11.1. The minimum absolute atomic E-state index is 0.104. The van der Waals surface area contributed by atoms with Crippen molar-refractivity contribution in [2.75, 3.05) is 19.8 Å². The van der Waals surface area contributed by atoms with Gasteiger partial charge in [0.05, 0.1) is 24.3 Å². The standard InChI is InChI=1S/C26H29NO5/c1-4-31-21-12-11-18(14-17(21)3)24(28)22-23(20-10-6-5-8-16(20)2)27(26(30)25(22)29)15-19-9-7-13-32-19/h5-6,8,10-12,14,19,23,28H,4,7,9,13,15H2,1-3H3/b24-22+. The van der Waals surface area contributed by atoms with E-state index in [2.05, 4.69) is 0 Å². The van der Waals surface area contributed by atoms with Crippen LogP contribution < -0.4 is 4.74 Å². The maximum absolute atomic E-state index is 13.2. The summed E-state index contributed by atoms with van der Waals surface area (Å²) in [6, 6.07) is 12.3. The van der Waals surface area contributed by atoms with Crippen molar-refractivity contribution in [1.29, 1.82) is 0 Å². The van der Waals surface area contributed by atoms with Crippen LogP contribution in [0.2, 0.25) is 0 Å². The number of hydrogen-bond acceptors (Lipinski definition) is 5. The zero-order chi connectivity index (χ0) is 22.8. The van der Waals surface area contributed by atoms with Gasteiger partial charge in [-0.05, 0) is 68.5 Å². The average Bonchev–Trinajstić information content (AvgIpc) is 3.38. The monoisotopic (exact) mass is 435 g/mol. The third-order valence-electron chi connectivity index (χ3n) is 6.20. The number of aliphatic hydroxyl groups is 1. The van der Waals surface area contributed by atoms with E-state index in [0.29, 0.717) is 25.3 Å². The molecule has 2 aromatic rings. The van der Waals surface area contributed by atoms with Gasteiger partial charge < -0.3 is 19.5 Å². The number of Topliss-reactive ketones (excluding diaryl/α,β-unsaturated/α-hetero) is 1. The van der Waals surface area contributed by atoms with Crippen LogP contribution in [0.25, 0.3) is 5.76 Å². The maximum Gasteiger partial charge on any atom is 0.295 e. The van der Waals surface area contributed by atoms with Gasteiger partial charge in [0.2, 0.25) is 0 Å². The van der Waals surface area contributed by atoms with Crippen LogP contribution in [0.1, 0.15) is 48.1 Å². The van der Waals surface area contributed by atoms with Crippen molar-refractivity contribution in [1.82, 2.24) is 4.90 Å². The number of amides is 1. The topological polar surface area (TPSA) is 76.1 Å². The Labute approximate surface area is 188 Å². The second-order valence-electron chi connectivity index (χ2n) is 8.36. The Hall–Kier alpha value is -3.12. The van der Waals surface area contributed by atoms with Crippen LogP contribution in [-0.4, -0.2) is 47.6 Å². The second kappa shape index (κ2) is 9.17. The van der Waals surface area contributed by atoms with Crippen molar-refractivity contribution in [3.63, 3.8) is 0 Å². The Balaban J connectivity index is 1.82. The molecule has 0 aliphatic carbocycles. The fraction of sp³-hybridized carbons (Fsp3) is 0.385. The van der Waals surface area contributed by atoms with Crippen LogP contribution in [-0.2, 0) is 14.3 Å². The van der Waals surface area contributed by atoms with Crippen molar-refractivity contribution < 1.29 is 24.2 Å². The predicted octanol–water partition coefficient (Wildman–Crippen LogP) is 4.30. The largest absolute Gasteiger partial charge is 0.507 e. The van der Waals surface area contributed by atoms with Crippen molar-refractivity contribution >= 4 is 17.4 Å². The zero-order valence-corrected chi connectivity index (χ0v) is 18.8. The number of hydrogen-bond donors (Lipinski definition) is 1. The Bertz CT molecular complexity index is 1070. The highest BCUT2D eigenvalue weighted by Crippen LogP contribution is 2.41. The quantitative estimate of drug-likeness (QED) is 0.416. The van der Waals surface area contributed by atoms with Crippen molar-refractivity contribution in [3.8, 4) is 5.75 Å². The number of benzene rings is 2. The summed E-state index contributed by atoms with van der Waals surface area (Å²) in [5, 5.41) is 11.3. The smallest absolute Gasteiger partial charge is 0.295 e. The van der Waals surface area contributed by atoms with Crippen LogP contribution in [0.3, 0.4) is 0 Å². The number of carbonyl (C=O) groups is 2. The van der Waals surface area contributed by atoms with Crippen LogP contribution >= 0.6 is 0 Å². The van der Waals surface area contributed by atoms with E-state index >= 15 is 0 Å². The fourth-order valence-electron chi connectivity index (χ4n) is 4.56. The van der Waals surface area contributed by atoms with Gasteiger partial charge in [-0.2, -0.15) is 0 Å². The molecular formula is C26H29NO5. The summed E-state index contributed by atoms with van der Waals surface area (Å²) < 4.78 is 11.3. The number of carbonyl (C=O) groups excluding carboxylic acids is 2. The number of ketones is 1. The first-order chi connectivity index (χ1) is 15.4. The molecule has 6 nitrogen and oxygen atoms in total. The van der Waals surface area contributed by atoms with Gasteiger partial charge >= 0.3 is 0 Å². The number of aryl methyl sites for hydroxylation is 2. The van der Waals surface area contributed by atoms with Crippen LogP contribution in [0.4, 0.5) is 0 Å². The molecule has 0 aromatic heterocycles. The van der Waals surface area contributed by atoms with Crippen LogP contribution in [0, 0.1) is 13.8 Å². The molecule has 0 saturated carbocycles. The first-order valence-corrected chi connectivity index (χ1v) is 11.1. The average molecular weight is 436 g/mol. The van der Waals surface area contributed by atoms with Crippen LogP contribution in [0.5, 0.6) is 5.75 Å². The lowest BCUT2D eigenvalue weighted by atomic mass is 9.92. The summed E-state index contributed by atoms with van der Waals surface area (Å²) in [5.74, 6) is -0.714. The summed E-state index contributed by atoms with van der Waals surface area (Å²) in [6.07, 6.45) is 1.68. The molecule has 6 heteroatoms. The molecule has 1 N–H and O–H groups in total. The normalized spacial score (nSPS) is 22.5. The molecule has 4 rings (SSSR count). The highest BCUT2D eigenvalue weighted by atomic mass is 16.5. The Morgan fingerprint density at radius 3 is 2.59 bits per heavy atom. The second-order valence-corrected chi connectivity index (χ2v) is 8.36. The summed E-state index contributed by atoms with van der Waals surface area (Å²) in [5.41, 5.74) is 3.22. The van der Waals surface area contributed by atoms with Gasteiger partial charge in [-0.1, -0.05) is 24.3 Å². The maximum atomic E-state index is 13.2. The summed E-state index contributed by atoms with van der Waals surface area (Å²) in [6.45, 7) is 7.26. The summed E-state index contributed by atoms with van der Waals surface area (Å²) >= 11 is 0. The third-order valence-corrected chi connectivity index (χ3v) is 6.20. The Morgan fingerprint density at radius 2 is 1.94 bits per heavy atom. The lowest BCUT2D eigenvalue weighted by Crippen LogP contribution is -2.36. The lowest BCUT2D eigenvalue weighted by molar-refractivity contribution is -0.140. The molecule has 0 bridgehead atoms. The predicted molar refractivity (Wildman–Crippen MR) is 122 cm³/mol. The molecule has 168 valence electrons. The Morgan fingerprint density at radius 1 is 1.16 bits per heavy atom. The van der Waals surface area contributed by atoms with Gasteiger partial charge in [0.1, 0.15) is 11.5 Å².